The Morgan fingerprint density at radius 2 is 2.00 bits per heavy atom. The summed E-state index contributed by atoms with van der Waals surface area (Å²) in [5, 5.41) is 3.92. The Labute approximate surface area is 153 Å². The first-order chi connectivity index (χ1) is 11.2. The van der Waals surface area contributed by atoms with Crippen LogP contribution in [-0.2, 0) is 14.8 Å². The van der Waals surface area contributed by atoms with Gasteiger partial charge in [-0.2, -0.15) is 4.31 Å². The number of sulfonamides is 1. The van der Waals surface area contributed by atoms with Gasteiger partial charge in [0.25, 0.3) is 0 Å². The predicted octanol–water partition coefficient (Wildman–Crippen LogP) is 2.40. The minimum Gasteiger partial charge on any atom is -0.379 e. The highest BCUT2D eigenvalue weighted by Gasteiger charge is 2.27. The zero-order valence-electron chi connectivity index (χ0n) is 14.0. The Morgan fingerprint density at radius 1 is 1.38 bits per heavy atom. The molecule has 1 heterocycles. The molecular weight excluding hydrogens is 370 g/mol. The van der Waals surface area contributed by atoms with E-state index in [-0.39, 0.29) is 10.9 Å². The molecular formula is C15H22ClN3O3S2. The molecule has 24 heavy (non-hydrogen) atoms. The Kier molecular flexibility index (Phi) is 6.44. The SMILES string of the molecule is CC(C)N(C)C(=S)Nc1cc(S(=O)(=O)N2CCOCC2)ccc1Cl. The monoisotopic (exact) mass is 391 g/mol. The van der Waals surface area contributed by atoms with E-state index in [9.17, 15) is 8.42 Å². The maximum atomic E-state index is 12.7. The van der Waals surface area contributed by atoms with E-state index >= 15 is 0 Å². The highest BCUT2D eigenvalue weighted by Crippen LogP contribution is 2.27. The number of morpholine rings is 1. The van der Waals surface area contributed by atoms with Crippen molar-refractivity contribution in [2.75, 3.05) is 38.7 Å². The van der Waals surface area contributed by atoms with Crippen molar-refractivity contribution in [2.45, 2.75) is 24.8 Å². The maximum Gasteiger partial charge on any atom is 0.243 e. The molecule has 0 bridgehead atoms. The first-order valence-corrected chi connectivity index (χ1v) is 9.87. The van der Waals surface area contributed by atoms with Gasteiger partial charge in [0.15, 0.2) is 5.11 Å². The fraction of sp³-hybridized carbons (Fsp3) is 0.533. The number of benzene rings is 1. The molecule has 134 valence electrons. The van der Waals surface area contributed by atoms with Gasteiger partial charge < -0.3 is 15.0 Å². The van der Waals surface area contributed by atoms with Crippen molar-refractivity contribution in [1.82, 2.24) is 9.21 Å². The summed E-state index contributed by atoms with van der Waals surface area (Å²) in [6, 6.07) is 4.81. The maximum absolute atomic E-state index is 12.7. The second-order valence-corrected chi connectivity index (χ2v) is 8.52. The van der Waals surface area contributed by atoms with E-state index in [1.54, 1.807) is 6.07 Å². The van der Waals surface area contributed by atoms with Crippen LogP contribution in [0.25, 0.3) is 0 Å². The number of nitrogens with one attached hydrogen (secondary N) is 1. The molecule has 1 fully saturated rings. The smallest absolute Gasteiger partial charge is 0.243 e. The highest BCUT2D eigenvalue weighted by atomic mass is 35.5. The standard InChI is InChI=1S/C15H22ClN3O3S2/c1-11(2)18(3)15(23)17-14-10-12(4-5-13(14)16)24(20,21)19-6-8-22-9-7-19/h4-5,10-11H,6-9H2,1-3H3,(H,17,23). The molecule has 0 unspecified atom stereocenters. The minimum atomic E-state index is -3.58. The van der Waals surface area contributed by atoms with Gasteiger partial charge in [-0.3, -0.25) is 0 Å². The van der Waals surface area contributed by atoms with E-state index in [4.69, 9.17) is 28.6 Å². The summed E-state index contributed by atoms with van der Waals surface area (Å²) < 4.78 is 32.1. The fourth-order valence-corrected chi connectivity index (χ4v) is 4.05. The number of hydrogen-bond donors (Lipinski definition) is 1. The first kappa shape index (κ1) is 19.4. The molecule has 1 aromatic rings. The Balaban J connectivity index is 2.26. The van der Waals surface area contributed by atoms with Crippen LogP contribution in [0.2, 0.25) is 5.02 Å². The van der Waals surface area contributed by atoms with E-state index in [0.29, 0.717) is 42.1 Å². The Hall–Kier alpha value is -0.930. The summed E-state index contributed by atoms with van der Waals surface area (Å²) in [5.74, 6) is 0. The van der Waals surface area contributed by atoms with E-state index in [1.165, 1.54) is 16.4 Å². The molecule has 0 atom stereocenters. The van der Waals surface area contributed by atoms with Gasteiger partial charge in [-0.1, -0.05) is 11.6 Å². The second kappa shape index (κ2) is 7.97. The average Bonchev–Trinajstić information content (AvgIpc) is 2.56. The largest absolute Gasteiger partial charge is 0.379 e. The Bertz CT molecular complexity index is 704. The lowest BCUT2D eigenvalue weighted by atomic mass is 10.3. The van der Waals surface area contributed by atoms with Crippen LogP contribution in [0.4, 0.5) is 5.69 Å². The van der Waals surface area contributed by atoms with E-state index in [1.807, 2.05) is 25.8 Å². The molecule has 0 aliphatic carbocycles. The van der Waals surface area contributed by atoms with Crippen LogP contribution in [0.15, 0.2) is 23.1 Å². The number of ether oxygens (including phenoxy) is 1. The van der Waals surface area contributed by atoms with Crippen molar-refractivity contribution in [3.8, 4) is 0 Å². The van der Waals surface area contributed by atoms with Crippen molar-refractivity contribution in [2.24, 2.45) is 0 Å². The van der Waals surface area contributed by atoms with Gasteiger partial charge in [0, 0.05) is 26.2 Å². The molecule has 0 saturated carbocycles. The summed E-state index contributed by atoms with van der Waals surface area (Å²) in [7, 11) is -1.71. The molecule has 1 aliphatic rings. The summed E-state index contributed by atoms with van der Waals surface area (Å²) in [4.78, 5) is 2.06. The van der Waals surface area contributed by atoms with Crippen LogP contribution < -0.4 is 5.32 Å². The molecule has 1 saturated heterocycles. The third-order valence-corrected chi connectivity index (χ3v) is 6.50. The van der Waals surface area contributed by atoms with Gasteiger partial charge in [-0.15, -0.1) is 0 Å². The average molecular weight is 392 g/mol. The number of anilines is 1. The van der Waals surface area contributed by atoms with Crippen LogP contribution in [0, 0.1) is 0 Å². The first-order valence-electron chi connectivity index (χ1n) is 7.64. The third-order valence-electron chi connectivity index (χ3n) is 3.88. The lowest BCUT2D eigenvalue weighted by Crippen LogP contribution is -2.40. The zero-order chi connectivity index (χ0) is 17.9. The van der Waals surface area contributed by atoms with Crippen molar-refractivity contribution in [3.63, 3.8) is 0 Å². The molecule has 6 nitrogen and oxygen atoms in total. The molecule has 0 amide bonds. The molecule has 0 radical (unpaired) electrons. The zero-order valence-corrected chi connectivity index (χ0v) is 16.3. The molecule has 2 rings (SSSR count). The molecule has 1 N–H and O–H groups in total. The van der Waals surface area contributed by atoms with Crippen LogP contribution in [-0.4, -0.2) is 62.1 Å². The van der Waals surface area contributed by atoms with E-state index in [0.717, 1.165) is 0 Å². The Morgan fingerprint density at radius 3 is 2.58 bits per heavy atom. The lowest BCUT2D eigenvalue weighted by Gasteiger charge is -2.27. The number of rotatable bonds is 4. The topological polar surface area (TPSA) is 61.9 Å². The van der Waals surface area contributed by atoms with Gasteiger partial charge in [0.2, 0.25) is 10.0 Å². The van der Waals surface area contributed by atoms with Crippen LogP contribution in [0.1, 0.15) is 13.8 Å². The van der Waals surface area contributed by atoms with Crippen molar-refractivity contribution >= 4 is 44.6 Å². The third kappa shape index (κ3) is 4.37. The van der Waals surface area contributed by atoms with Gasteiger partial charge in [0.05, 0.1) is 28.8 Å². The van der Waals surface area contributed by atoms with Gasteiger partial charge in [-0.25, -0.2) is 8.42 Å². The van der Waals surface area contributed by atoms with Gasteiger partial charge in [0.1, 0.15) is 0 Å². The minimum absolute atomic E-state index is 0.186. The number of hydrogen-bond acceptors (Lipinski definition) is 4. The van der Waals surface area contributed by atoms with Crippen LogP contribution >= 0.6 is 23.8 Å². The summed E-state index contributed by atoms with van der Waals surface area (Å²) in [5.41, 5.74) is 0.475. The van der Waals surface area contributed by atoms with Crippen molar-refractivity contribution in [1.29, 1.82) is 0 Å². The fourth-order valence-electron chi connectivity index (χ4n) is 2.13. The molecule has 1 aromatic carbocycles. The number of nitrogens with zero attached hydrogens (tertiary/aromatic N) is 2. The molecule has 1 aliphatic heterocycles. The lowest BCUT2D eigenvalue weighted by molar-refractivity contribution is 0.0730. The van der Waals surface area contributed by atoms with E-state index < -0.39 is 10.0 Å². The second-order valence-electron chi connectivity index (χ2n) is 5.79. The van der Waals surface area contributed by atoms with E-state index in [2.05, 4.69) is 5.32 Å². The summed E-state index contributed by atoms with van der Waals surface area (Å²) in [6.07, 6.45) is 0. The van der Waals surface area contributed by atoms with Crippen LogP contribution in [0.3, 0.4) is 0 Å². The molecule has 0 spiro atoms. The van der Waals surface area contributed by atoms with Crippen LogP contribution in [0.5, 0.6) is 0 Å². The highest BCUT2D eigenvalue weighted by molar-refractivity contribution is 7.89. The van der Waals surface area contributed by atoms with Crippen molar-refractivity contribution in [3.05, 3.63) is 23.2 Å². The van der Waals surface area contributed by atoms with Gasteiger partial charge >= 0.3 is 0 Å². The van der Waals surface area contributed by atoms with Gasteiger partial charge in [-0.05, 0) is 44.3 Å². The quantitative estimate of drug-likeness (QED) is 0.795. The summed E-state index contributed by atoms with van der Waals surface area (Å²) >= 11 is 11.5. The number of halogens is 1. The summed E-state index contributed by atoms with van der Waals surface area (Å²) in [6.45, 7) is 5.52. The predicted molar refractivity (Wildman–Crippen MR) is 100 cm³/mol. The normalized spacial score (nSPS) is 16.2. The number of thiocarbonyl (C=S) groups is 1. The molecule has 0 aromatic heterocycles. The van der Waals surface area contributed by atoms with Crippen molar-refractivity contribution < 1.29 is 13.2 Å². The molecule has 9 heteroatoms.